The van der Waals surface area contributed by atoms with Gasteiger partial charge in [0.1, 0.15) is 5.82 Å². The van der Waals surface area contributed by atoms with E-state index in [0.717, 1.165) is 57.2 Å². The van der Waals surface area contributed by atoms with Crippen molar-refractivity contribution >= 4 is 33.6 Å². The first-order chi connectivity index (χ1) is 19.5. The Bertz CT molecular complexity index is 1680. The lowest BCUT2D eigenvalue weighted by molar-refractivity contribution is -0.118. The summed E-state index contributed by atoms with van der Waals surface area (Å²) in [6.45, 7) is 3.52. The van der Waals surface area contributed by atoms with E-state index in [4.69, 9.17) is 4.74 Å². The Hall–Kier alpha value is -4.50. The number of carbonyl (C=O) groups excluding carboxylic acids is 2. The number of hydrogen-bond donors (Lipinski definition) is 3. The first kappa shape index (κ1) is 25.8. The van der Waals surface area contributed by atoms with Gasteiger partial charge in [0.25, 0.3) is 5.91 Å². The van der Waals surface area contributed by atoms with Crippen LogP contribution in [0.4, 0.5) is 4.39 Å². The van der Waals surface area contributed by atoms with Crippen LogP contribution >= 0.6 is 0 Å². The van der Waals surface area contributed by atoms with Gasteiger partial charge in [0, 0.05) is 72.4 Å². The van der Waals surface area contributed by atoms with E-state index in [1.807, 2.05) is 42.6 Å². The lowest BCUT2D eigenvalue weighted by Crippen LogP contribution is -2.33. The van der Waals surface area contributed by atoms with Gasteiger partial charge in [0.15, 0.2) is 0 Å². The normalized spacial score (nSPS) is 14.1. The fraction of sp³-hybridized carbons (Fsp3) is 0.258. The van der Waals surface area contributed by atoms with E-state index in [1.165, 1.54) is 19.1 Å². The summed E-state index contributed by atoms with van der Waals surface area (Å²) in [6, 6.07) is 18.5. The molecule has 1 aliphatic heterocycles. The van der Waals surface area contributed by atoms with Crippen molar-refractivity contribution in [1.29, 1.82) is 0 Å². The van der Waals surface area contributed by atoms with Gasteiger partial charge in [-0.25, -0.2) is 4.39 Å². The van der Waals surface area contributed by atoms with E-state index in [1.54, 1.807) is 0 Å². The maximum absolute atomic E-state index is 14.0. The number of amides is 2. The second-order valence-corrected chi connectivity index (χ2v) is 10.1. The SMILES string of the molecule is CC(=O)NCCNC(=O)c1ccc(-c2c(C3CCOCC3)n(-c3ccc(F)cc3)c3cc4cn[nH]c4cc23)cc1. The molecule has 0 spiro atoms. The highest BCUT2D eigenvalue weighted by Crippen LogP contribution is 2.44. The van der Waals surface area contributed by atoms with Crippen molar-refractivity contribution in [3.8, 4) is 16.8 Å². The molecule has 1 saturated heterocycles. The third-order valence-electron chi connectivity index (χ3n) is 7.48. The van der Waals surface area contributed by atoms with Crippen molar-refractivity contribution < 1.29 is 18.7 Å². The number of aromatic nitrogens is 3. The fourth-order valence-electron chi connectivity index (χ4n) is 5.58. The van der Waals surface area contributed by atoms with Gasteiger partial charge < -0.3 is 19.9 Å². The zero-order valence-electron chi connectivity index (χ0n) is 22.2. The summed E-state index contributed by atoms with van der Waals surface area (Å²) in [5.41, 5.74) is 6.59. The molecule has 8 nitrogen and oxygen atoms in total. The molecule has 0 saturated carbocycles. The number of nitrogens with zero attached hydrogens (tertiary/aromatic N) is 2. The van der Waals surface area contributed by atoms with Gasteiger partial charge in [0.05, 0.1) is 17.2 Å². The van der Waals surface area contributed by atoms with Crippen molar-refractivity contribution in [3.63, 3.8) is 0 Å². The molecule has 2 aromatic heterocycles. The number of H-pyrrole nitrogens is 1. The highest BCUT2D eigenvalue weighted by atomic mass is 19.1. The van der Waals surface area contributed by atoms with E-state index in [0.29, 0.717) is 31.9 Å². The zero-order valence-corrected chi connectivity index (χ0v) is 22.2. The lowest BCUT2D eigenvalue weighted by atomic mass is 9.89. The monoisotopic (exact) mass is 539 g/mol. The minimum Gasteiger partial charge on any atom is -0.381 e. The molecule has 6 rings (SSSR count). The van der Waals surface area contributed by atoms with Crippen LogP contribution in [0.2, 0.25) is 0 Å². The molecular weight excluding hydrogens is 509 g/mol. The molecule has 1 aliphatic rings. The molecule has 0 radical (unpaired) electrons. The molecule has 3 N–H and O–H groups in total. The summed E-state index contributed by atoms with van der Waals surface area (Å²) >= 11 is 0. The average molecular weight is 540 g/mol. The van der Waals surface area contributed by atoms with Crippen LogP contribution in [0, 0.1) is 5.82 Å². The standard InChI is InChI=1S/C31H30FN5O3/c1-19(38)33-12-13-34-31(39)22-4-2-20(3-5-22)29-26-17-27-23(18-35-36-27)16-28(26)37(25-8-6-24(32)7-9-25)30(29)21-10-14-40-15-11-21/h2-9,16-18,21H,10-15H2,1H3,(H,33,38)(H,34,39)(H,35,36). The molecule has 9 heteroatoms. The summed E-state index contributed by atoms with van der Waals surface area (Å²) in [5.74, 6) is -0.383. The Balaban J connectivity index is 1.48. The van der Waals surface area contributed by atoms with Crippen molar-refractivity contribution in [2.24, 2.45) is 0 Å². The third-order valence-corrected chi connectivity index (χ3v) is 7.48. The second-order valence-electron chi connectivity index (χ2n) is 10.1. The smallest absolute Gasteiger partial charge is 0.251 e. The van der Waals surface area contributed by atoms with Crippen molar-refractivity contribution in [2.45, 2.75) is 25.7 Å². The lowest BCUT2D eigenvalue weighted by Gasteiger charge is -2.26. The number of rotatable bonds is 7. The zero-order chi connectivity index (χ0) is 27.6. The molecule has 3 aromatic carbocycles. The molecule has 3 heterocycles. The van der Waals surface area contributed by atoms with Gasteiger partial charge >= 0.3 is 0 Å². The van der Waals surface area contributed by atoms with E-state index in [2.05, 4.69) is 37.5 Å². The Kier molecular flexibility index (Phi) is 7.04. The topological polar surface area (TPSA) is 101 Å². The number of halogens is 1. The molecular formula is C31H30FN5O3. The number of benzene rings is 3. The van der Waals surface area contributed by atoms with E-state index < -0.39 is 0 Å². The maximum Gasteiger partial charge on any atom is 0.251 e. The summed E-state index contributed by atoms with van der Waals surface area (Å²) < 4.78 is 21.9. The highest BCUT2D eigenvalue weighted by molar-refractivity contribution is 6.06. The number of nitrogens with one attached hydrogen (secondary N) is 3. The minimum absolute atomic E-state index is 0.133. The molecule has 2 amide bonds. The molecule has 0 atom stereocenters. The van der Waals surface area contributed by atoms with Crippen LogP contribution < -0.4 is 10.6 Å². The summed E-state index contributed by atoms with van der Waals surface area (Å²) in [7, 11) is 0. The predicted molar refractivity (Wildman–Crippen MR) is 152 cm³/mol. The molecule has 204 valence electrons. The fourth-order valence-corrected chi connectivity index (χ4v) is 5.58. The van der Waals surface area contributed by atoms with Crippen molar-refractivity contribution in [1.82, 2.24) is 25.4 Å². The third kappa shape index (κ3) is 4.96. The Labute approximate surface area is 230 Å². The summed E-state index contributed by atoms with van der Waals surface area (Å²) in [4.78, 5) is 23.8. The molecule has 5 aromatic rings. The van der Waals surface area contributed by atoms with Crippen LogP contribution in [0.1, 0.15) is 41.7 Å². The number of hydrogen-bond acceptors (Lipinski definition) is 4. The van der Waals surface area contributed by atoms with Crippen LogP contribution in [0.3, 0.4) is 0 Å². The Morgan fingerprint density at radius 3 is 2.48 bits per heavy atom. The van der Waals surface area contributed by atoms with Crippen molar-refractivity contribution in [3.05, 3.63) is 83.9 Å². The molecule has 0 aliphatic carbocycles. The summed E-state index contributed by atoms with van der Waals surface area (Å²) in [5, 5.41) is 14.9. The van der Waals surface area contributed by atoms with Crippen LogP contribution in [0.5, 0.6) is 0 Å². The van der Waals surface area contributed by atoms with Crippen LogP contribution in [-0.2, 0) is 9.53 Å². The Morgan fingerprint density at radius 1 is 1.02 bits per heavy atom. The van der Waals surface area contributed by atoms with Crippen LogP contribution in [0.25, 0.3) is 38.6 Å². The van der Waals surface area contributed by atoms with E-state index in [9.17, 15) is 14.0 Å². The minimum atomic E-state index is -0.281. The predicted octanol–water partition coefficient (Wildman–Crippen LogP) is 5.07. The van der Waals surface area contributed by atoms with Crippen molar-refractivity contribution in [2.75, 3.05) is 26.3 Å². The van der Waals surface area contributed by atoms with Crippen LogP contribution in [-0.4, -0.2) is 52.9 Å². The van der Waals surface area contributed by atoms with E-state index >= 15 is 0 Å². The second kappa shape index (κ2) is 10.9. The molecule has 1 fully saturated rings. The van der Waals surface area contributed by atoms with Gasteiger partial charge in [-0.2, -0.15) is 5.10 Å². The molecule has 40 heavy (non-hydrogen) atoms. The average Bonchev–Trinajstić information content (AvgIpc) is 3.57. The van der Waals surface area contributed by atoms with Gasteiger partial charge in [-0.3, -0.25) is 14.7 Å². The Morgan fingerprint density at radius 2 is 1.75 bits per heavy atom. The number of ether oxygens (including phenoxy) is 1. The number of aromatic amines is 1. The molecule has 0 bridgehead atoms. The number of carbonyl (C=O) groups is 2. The summed E-state index contributed by atoms with van der Waals surface area (Å²) in [6.07, 6.45) is 3.56. The first-order valence-electron chi connectivity index (χ1n) is 13.5. The van der Waals surface area contributed by atoms with Gasteiger partial charge in [0.2, 0.25) is 5.91 Å². The quantitative estimate of drug-likeness (QED) is 0.251. The largest absolute Gasteiger partial charge is 0.381 e. The maximum atomic E-state index is 14.0. The van der Waals surface area contributed by atoms with E-state index in [-0.39, 0.29) is 23.5 Å². The molecule has 0 unspecified atom stereocenters. The van der Waals surface area contributed by atoms with Crippen LogP contribution in [0.15, 0.2) is 66.9 Å². The number of fused-ring (bicyclic) bond motifs is 2. The highest BCUT2D eigenvalue weighted by Gasteiger charge is 2.28. The van der Waals surface area contributed by atoms with Gasteiger partial charge in [-0.15, -0.1) is 0 Å². The van der Waals surface area contributed by atoms with Gasteiger partial charge in [-0.1, -0.05) is 12.1 Å². The van der Waals surface area contributed by atoms with Gasteiger partial charge in [-0.05, 0) is 66.9 Å². The first-order valence-corrected chi connectivity index (χ1v) is 13.5.